The molecule has 0 amide bonds. The summed E-state index contributed by atoms with van der Waals surface area (Å²) in [6.07, 6.45) is 0.916. The molecule has 10 heavy (non-hydrogen) atoms. The van der Waals surface area contributed by atoms with E-state index in [1.807, 2.05) is 6.92 Å². The first-order valence-electron chi connectivity index (χ1n) is 3.13. The van der Waals surface area contributed by atoms with Gasteiger partial charge in [0.05, 0.1) is 6.61 Å². The summed E-state index contributed by atoms with van der Waals surface area (Å²) >= 11 is 2.95. The Morgan fingerprint density at radius 1 is 1.80 bits per heavy atom. The van der Waals surface area contributed by atoms with Gasteiger partial charge in [-0.15, -0.1) is 0 Å². The molecule has 1 atom stereocenters. The molecule has 0 aromatic rings. The molecule has 0 spiro atoms. The summed E-state index contributed by atoms with van der Waals surface area (Å²) < 4.78 is 4.98. The molecule has 0 bridgehead atoms. The van der Waals surface area contributed by atoms with Crippen molar-refractivity contribution in [3.63, 3.8) is 0 Å². The van der Waals surface area contributed by atoms with Crippen molar-refractivity contribution < 1.29 is 14.6 Å². The highest BCUT2D eigenvalue weighted by Crippen LogP contribution is 1.99. The molecule has 1 unspecified atom stereocenters. The minimum absolute atomic E-state index is 0.239. The van der Waals surface area contributed by atoms with Crippen LogP contribution in [0.15, 0.2) is 0 Å². The lowest BCUT2D eigenvalue weighted by atomic mass is 10.4. The predicted molar refractivity (Wildman–Crippen MR) is 41.5 cm³/mol. The molecule has 60 valence electrons. The monoisotopic (exact) mass is 210 g/mol. The average Bonchev–Trinajstić information content (AvgIpc) is 1.88. The van der Waals surface area contributed by atoms with Crippen LogP contribution in [0, 0.1) is 0 Å². The van der Waals surface area contributed by atoms with Gasteiger partial charge in [0.1, 0.15) is 4.83 Å². The highest BCUT2D eigenvalue weighted by molar-refractivity contribution is 9.10. The van der Waals surface area contributed by atoms with Crippen molar-refractivity contribution in [1.29, 1.82) is 0 Å². The first kappa shape index (κ1) is 9.91. The van der Waals surface area contributed by atoms with Crippen LogP contribution in [0.2, 0.25) is 0 Å². The summed E-state index contributed by atoms with van der Waals surface area (Å²) in [5, 5.41) is 8.35. The molecule has 0 aliphatic carbocycles. The summed E-state index contributed by atoms with van der Waals surface area (Å²) in [5.74, 6) is -0.879. The molecule has 0 heterocycles. The van der Waals surface area contributed by atoms with E-state index in [-0.39, 0.29) is 6.61 Å². The predicted octanol–water partition coefficient (Wildman–Crippen LogP) is 1.26. The number of carboxylic acids is 1. The molecule has 0 aromatic carbocycles. The van der Waals surface area contributed by atoms with Crippen molar-refractivity contribution in [2.45, 2.75) is 18.2 Å². The Kier molecular flexibility index (Phi) is 5.63. The number of halogens is 1. The minimum Gasteiger partial charge on any atom is -0.480 e. The van der Waals surface area contributed by atoms with Crippen LogP contribution in [0.5, 0.6) is 0 Å². The lowest BCUT2D eigenvalue weighted by molar-refractivity contribution is -0.137. The zero-order valence-electron chi connectivity index (χ0n) is 5.84. The Bertz CT molecular complexity index is 105. The fourth-order valence-electron chi connectivity index (χ4n) is 0.402. The van der Waals surface area contributed by atoms with Crippen molar-refractivity contribution in [3.05, 3.63) is 0 Å². The number of hydrogen-bond acceptors (Lipinski definition) is 2. The number of carbonyl (C=O) groups is 1. The van der Waals surface area contributed by atoms with E-state index in [1.54, 1.807) is 0 Å². The molecule has 0 aliphatic rings. The number of carboxylic acid groups (broad SMARTS) is 1. The molecule has 0 fully saturated rings. The standard InChI is InChI=1S/C6H11BrO3/c1-2-3-10-4-5(7)6(8)9/h5H,2-4H2,1H3,(H,8,9). The molecule has 0 aromatic heterocycles. The largest absolute Gasteiger partial charge is 0.480 e. The third-order valence-corrected chi connectivity index (χ3v) is 1.54. The van der Waals surface area contributed by atoms with E-state index >= 15 is 0 Å². The molecular weight excluding hydrogens is 200 g/mol. The van der Waals surface area contributed by atoms with Crippen molar-refractivity contribution in [1.82, 2.24) is 0 Å². The van der Waals surface area contributed by atoms with Gasteiger partial charge in [0.2, 0.25) is 0 Å². The Morgan fingerprint density at radius 2 is 2.40 bits per heavy atom. The van der Waals surface area contributed by atoms with Crippen molar-refractivity contribution in [2.75, 3.05) is 13.2 Å². The quantitative estimate of drug-likeness (QED) is 0.550. The molecule has 0 saturated carbocycles. The summed E-state index contributed by atoms with van der Waals surface area (Å²) in [6, 6.07) is 0. The lowest BCUT2D eigenvalue weighted by Gasteiger charge is -2.03. The van der Waals surface area contributed by atoms with Gasteiger partial charge < -0.3 is 9.84 Å². The van der Waals surface area contributed by atoms with E-state index in [9.17, 15) is 4.79 Å². The van der Waals surface area contributed by atoms with Gasteiger partial charge in [0, 0.05) is 6.61 Å². The molecule has 0 rings (SSSR count). The van der Waals surface area contributed by atoms with E-state index in [4.69, 9.17) is 9.84 Å². The van der Waals surface area contributed by atoms with Crippen LogP contribution in [0.3, 0.4) is 0 Å². The summed E-state index contributed by atoms with van der Waals surface area (Å²) in [5.41, 5.74) is 0. The van der Waals surface area contributed by atoms with Crippen LogP contribution in [0.4, 0.5) is 0 Å². The maximum absolute atomic E-state index is 10.2. The molecule has 0 aliphatic heterocycles. The number of rotatable bonds is 5. The van der Waals surface area contributed by atoms with Crippen LogP contribution in [-0.4, -0.2) is 29.1 Å². The van der Waals surface area contributed by atoms with E-state index < -0.39 is 10.8 Å². The van der Waals surface area contributed by atoms with Crippen LogP contribution in [-0.2, 0) is 9.53 Å². The van der Waals surface area contributed by atoms with Gasteiger partial charge >= 0.3 is 5.97 Å². The Balaban J connectivity index is 3.21. The number of aliphatic carboxylic acids is 1. The Morgan fingerprint density at radius 3 is 2.80 bits per heavy atom. The van der Waals surface area contributed by atoms with Gasteiger partial charge in [0.25, 0.3) is 0 Å². The number of ether oxygens (including phenoxy) is 1. The van der Waals surface area contributed by atoms with E-state index in [1.165, 1.54) is 0 Å². The summed E-state index contributed by atoms with van der Waals surface area (Å²) in [4.78, 5) is 9.60. The second-order valence-electron chi connectivity index (χ2n) is 1.88. The van der Waals surface area contributed by atoms with Crippen molar-refractivity contribution in [3.8, 4) is 0 Å². The summed E-state index contributed by atoms with van der Waals surface area (Å²) in [6.45, 7) is 2.84. The summed E-state index contributed by atoms with van der Waals surface area (Å²) in [7, 11) is 0. The highest BCUT2D eigenvalue weighted by atomic mass is 79.9. The number of hydrogen-bond donors (Lipinski definition) is 1. The molecule has 4 heteroatoms. The average molecular weight is 211 g/mol. The van der Waals surface area contributed by atoms with Gasteiger partial charge in [-0.2, -0.15) is 0 Å². The van der Waals surface area contributed by atoms with Crippen LogP contribution >= 0.6 is 15.9 Å². The maximum atomic E-state index is 10.2. The second kappa shape index (κ2) is 5.68. The first-order chi connectivity index (χ1) is 4.68. The Labute approximate surface area is 68.5 Å². The normalized spacial score (nSPS) is 13.0. The molecular formula is C6H11BrO3. The minimum atomic E-state index is -0.879. The lowest BCUT2D eigenvalue weighted by Crippen LogP contribution is -2.19. The zero-order chi connectivity index (χ0) is 7.98. The SMILES string of the molecule is CCCOCC(Br)C(=O)O. The van der Waals surface area contributed by atoms with Gasteiger partial charge in [-0.1, -0.05) is 22.9 Å². The zero-order valence-corrected chi connectivity index (χ0v) is 7.43. The molecule has 0 saturated heterocycles. The van der Waals surface area contributed by atoms with E-state index in [0.29, 0.717) is 6.61 Å². The third kappa shape index (κ3) is 4.76. The fourth-order valence-corrected chi connectivity index (χ4v) is 0.589. The first-order valence-corrected chi connectivity index (χ1v) is 4.04. The van der Waals surface area contributed by atoms with Crippen molar-refractivity contribution in [2.24, 2.45) is 0 Å². The van der Waals surface area contributed by atoms with Crippen molar-refractivity contribution >= 4 is 21.9 Å². The maximum Gasteiger partial charge on any atom is 0.319 e. The topological polar surface area (TPSA) is 46.5 Å². The van der Waals surface area contributed by atoms with Crippen LogP contribution in [0.25, 0.3) is 0 Å². The van der Waals surface area contributed by atoms with E-state index in [0.717, 1.165) is 6.42 Å². The van der Waals surface area contributed by atoms with Gasteiger partial charge in [-0.3, -0.25) is 4.79 Å². The molecule has 1 N–H and O–H groups in total. The van der Waals surface area contributed by atoms with Crippen LogP contribution in [0.1, 0.15) is 13.3 Å². The second-order valence-corrected chi connectivity index (χ2v) is 2.99. The number of alkyl halides is 1. The van der Waals surface area contributed by atoms with Crippen LogP contribution < -0.4 is 0 Å². The van der Waals surface area contributed by atoms with Gasteiger partial charge in [-0.05, 0) is 6.42 Å². The Hall–Kier alpha value is -0.0900. The molecule has 3 nitrogen and oxygen atoms in total. The highest BCUT2D eigenvalue weighted by Gasteiger charge is 2.11. The molecule has 0 radical (unpaired) electrons. The van der Waals surface area contributed by atoms with Gasteiger partial charge in [-0.25, -0.2) is 0 Å². The van der Waals surface area contributed by atoms with E-state index in [2.05, 4.69) is 15.9 Å². The smallest absolute Gasteiger partial charge is 0.319 e. The fraction of sp³-hybridized carbons (Fsp3) is 0.833. The van der Waals surface area contributed by atoms with Gasteiger partial charge in [0.15, 0.2) is 0 Å². The third-order valence-electron chi connectivity index (χ3n) is 0.881.